The van der Waals surface area contributed by atoms with Gasteiger partial charge in [-0.15, -0.1) is 0 Å². The largest absolute Gasteiger partial charge is 0.380 e. The van der Waals surface area contributed by atoms with Crippen LogP contribution in [-0.4, -0.2) is 57.4 Å². The quantitative estimate of drug-likeness (QED) is 0.575. The van der Waals surface area contributed by atoms with E-state index in [-0.39, 0.29) is 5.75 Å². The van der Waals surface area contributed by atoms with Gasteiger partial charge in [-0.1, -0.05) is 20.8 Å². The van der Waals surface area contributed by atoms with Crippen LogP contribution >= 0.6 is 0 Å². The van der Waals surface area contributed by atoms with E-state index in [0.29, 0.717) is 38.8 Å². The highest BCUT2D eigenvalue weighted by Gasteiger charge is 2.19. The molecule has 0 rings (SSSR count). The smallest absolute Gasteiger partial charge is 0.214 e. The molecule has 0 unspecified atom stereocenters. The molecule has 18 heavy (non-hydrogen) atoms. The lowest BCUT2D eigenvalue weighted by atomic mass is 10.4. The Balaban J connectivity index is 4.06. The van der Waals surface area contributed by atoms with Crippen molar-refractivity contribution in [1.29, 1.82) is 0 Å². The Labute approximate surface area is 112 Å². The topological polar surface area (TPSA) is 58.6 Å². The number of hydrogen-bond acceptors (Lipinski definition) is 4. The van der Waals surface area contributed by atoms with Crippen LogP contribution in [0.1, 0.15) is 34.1 Å². The first-order chi connectivity index (χ1) is 8.44. The van der Waals surface area contributed by atoms with Crippen LogP contribution in [0.25, 0.3) is 0 Å². The monoisotopic (exact) mass is 280 g/mol. The highest BCUT2D eigenvalue weighted by Crippen LogP contribution is 2.03. The fourth-order valence-electron chi connectivity index (χ4n) is 1.58. The summed E-state index contributed by atoms with van der Waals surface area (Å²) in [6.45, 7) is 10.6. The van der Waals surface area contributed by atoms with Crippen molar-refractivity contribution in [2.75, 3.05) is 38.6 Å². The molecule has 0 bridgehead atoms. The molecule has 0 spiro atoms. The van der Waals surface area contributed by atoms with Gasteiger partial charge in [0.15, 0.2) is 0 Å². The van der Waals surface area contributed by atoms with E-state index in [1.54, 1.807) is 0 Å². The molecule has 0 aromatic rings. The van der Waals surface area contributed by atoms with Crippen molar-refractivity contribution in [3.05, 3.63) is 0 Å². The molecule has 1 N–H and O–H groups in total. The number of rotatable bonds is 11. The van der Waals surface area contributed by atoms with Crippen molar-refractivity contribution in [2.45, 2.75) is 40.2 Å². The van der Waals surface area contributed by atoms with E-state index < -0.39 is 10.0 Å². The van der Waals surface area contributed by atoms with Crippen LogP contribution in [0.15, 0.2) is 0 Å². The van der Waals surface area contributed by atoms with E-state index in [2.05, 4.69) is 19.2 Å². The number of sulfonamides is 1. The van der Waals surface area contributed by atoms with Crippen LogP contribution in [0.4, 0.5) is 0 Å². The summed E-state index contributed by atoms with van der Waals surface area (Å²) in [5.41, 5.74) is 0. The Morgan fingerprint density at radius 3 is 2.44 bits per heavy atom. The summed E-state index contributed by atoms with van der Waals surface area (Å²) in [7, 11) is -3.14. The van der Waals surface area contributed by atoms with Crippen molar-refractivity contribution in [3.8, 4) is 0 Å². The summed E-state index contributed by atoms with van der Waals surface area (Å²) in [5, 5.41) is 3.22. The second-order valence-corrected chi connectivity index (χ2v) is 6.56. The van der Waals surface area contributed by atoms with Crippen molar-refractivity contribution in [2.24, 2.45) is 0 Å². The normalized spacial score (nSPS) is 12.6. The Hall–Kier alpha value is -0.170. The number of ether oxygens (including phenoxy) is 1. The highest BCUT2D eigenvalue weighted by atomic mass is 32.2. The van der Waals surface area contributed by atoms with Crippen LogP contribution < -0.4 is 5.32 Å². The molecule has 0 aliphatic rings. The second kappa shape index (κ2) is 9.72. The first kappa shape index (κ1) is 17.8. The summed E-state index contributed by atoms with van der Waals surface area (Å²) in [6, 6.07) is 0.396. The third-order valence-electron chi connectivity index (χ3n) is 2.57. The minimum Gasteiger partial charge on any atom is -0.380 e. The maximum atomic E-state index is 12.0. The molecule has 0 saturated heterocycles. The van der Waals surface area contributed by atoms with E-state index in [1.807, 2.05) is 13.8 Å². The van der Waals surface area contributed by atoms with Crippen molar-refractivity contribution >= 4 is 10.0 Å². The standard InChI is InChI=1S/C12H28N2O3S/c1-5-14(9-10-17-6-2)18(15,16)11-7-8-13-12(3)4/h12-13H,5-11H2,1-4H3. The highest BCUT2D eigenvalue weighted by molar-refractivity contribution is 7.89. The molecule has 0 atom stereocenters. The molecule has 0 radical (unpaired) electrons. The molecule has 5 nitrogen and oxygen atoms in total. The van der Waals surface area contributed by atoms with E-state index in [0.717, 1.165) is 6.54 Å². The van der Waals surface area contributed by atoms with Gasteiger partial charge >= 0.3 is 0 Å². The van der Waals surface area contributed by atoms with Crippen LogP contribution in [0.3, 0.4) is 0 Å². The Morgan fingerprint density at radius 2 is 1.94 bits per heavy atom. The van der Waals surface area contributed by atoms with Gasteiger partial charge in [-0.3, -0.25) is 0 Å². The Kier molecular flexibility index (Phi) is 9.63. The third-order valence-corrected chi connectivity index (χ3v) is 4.60. The molecular formula is C12H28N2O3S. The maximum Gasteiger partial charge on any atom is 0.214 e. The number of hydrogen-bond donors (Lipinski definition) is 1. The summed E-state index contributed by atoms with van der Waals surface area (Å²) in [5.74, 6) is 0.201. The van der Waals surface area contributed by atoms with Crippen LogP contribution in [0.5, 0.6) is 0 Å². The number of nitrogens with one attached hydrogen (secondary N) is 1. The lowest BCUT2D eigenvalue weighted by Crippen LogP contribution is -2.36. The Bertz CT molecular complexity index is 292. The third kappa shape index (κ3) is 8.02. The van der Waals surface area contributed by atoms with Gasteiger partial charge in [0.1, 0.15) is 0 Å². The molecule has 0 aromatic carbocycles. The minimum atomic E-state index is -3.14. The minimum absolute atomic E-state index is 0.201. The average Bonchev–Trinajstić information content (AvgIpc) is 2.30. The fraction of sp³-hybridized carbons (Fsp3) is 1.00. The summed E-state index contributed by atoms with van der Waals surface area (Å²) in [4.78, 5) is 0. The van der Waals surface area contributed by atoms with E-state index in [1.165, 1.54) is 4.31 Å². The van der Waals surface area contributed by atoms with Crippen molar-refractivity contribution in [1.82, 2.24) is 9.62 Å². The van der Waals surface area contributed by atoms with Gasteiger partial charge in [-0.25, -0.2) is 8.42 Å². The summed E-state index contributed by atoms with van der Waals surface area (Å²) < 4.78 is 30.8. The van der Waals surface area contributed by atoms with Gasteiger partial charge < -0.3 is 10.1 Å². The Morgan fingerprint density at radius 1 is 1.28 bits per heavy atom. The predicted octanol–water partition coefficient (Wildman–Crippen LogP) is 1.06. The summed E-state index contributed by atoms with van der Waals surface area (Å²) >= 11 is 0. The second-order valence-electron chi connectivity index (χ2n) is 4.47. The van der Waals surface area contributed by atoms with Crippen molar-refractivity contribution in [3.63, 3.8) is 0 Å². The lowest BCUT2D eigenvalue weighted by molar-refractivity contribution is 0.135. The average molecular weight is 280 g/mol. The van der Waals surface area contributed by atoms with Crippen LogP contribution in [0.2, 0.25) is 0 Å². The van der Waals surface area contributed by atoms with E-state index in [4.69, 9.17) is 4.74 Å². The van der Waals surface area contributed by atoms with Gasteiger partial charge in [-0.05, 0) is 19.9 Å². The van der Waals surface area contributed by atoms with Gasteiger partial charge in [0, 0.05) is 25.7 Å². The van der Waals surface area contributed by atoms with Crippen molar-refractivity contribution < 1.29 is 13.2 Å². The van der Waals surface area contributed by atoms with Crippen LogP contribution in [-0.2, 0) is 14.8 Å². The first-order valence-corrected chi connectivity index (χ1v) is 8.33. The lowest BCUT2D eigenvalue weighted by Gasteiger charge is -2.20. The molecule has 0 fully saturated rings. The molecule has 0 saturated carbocycles. The SMILES string of the molecule is CCOCCN(CC)S(=O)(=O)CCCNC(C)C. The summed E-state index contributed by atoms with van der Waals surface area (Å²) in [6.07, 6.45) is 0.644. The number of nitrogens with zero attached hydrogens (tertiary/aromatic N) is 1. The molecule has 0 aromatic heterocycles. The molecule has 6 heteroatoms. The molecule has 110 valence electrons. The van der Waals surface area contributed by atoms with Gasteiger partial charge in [0.2, 0.25) is 10.0 Å². The number of likely N-dealkylation sites (N-methyl/N-ethyl adjacent to an activating group) is 1. The molecular weight excluding hydrogens is 252 g/mol. The molecule has 0 aliphatic carbocycles. The van der Waals surface area contributed by atoms with Gasteiger partial charge in [0.25, 0.3) is 0 Å². The molecule has 0 aliphatic heterocycles. The molecule has 0 heterocycles. The zero-order chi connectivity index (χ0) is 14.0. The maximum absolute atomic E-state index is 12.0. The molecule has 0 amide bonds. The fourth-order valence-corrected chi connectivity index (χ4v) is 3.09. The zero-order valence-corrected chi connectivity index (χ0v) is 12.9. The van der Waals surface area contributed by atoms with Gasteiger partial charge in [0.05, 0.1) is 12.4 Å². The van der Waals surface area contributed by atoms with E-state index in [9.17, 15) is 8.42 Å². The van der Waals surface area contributed by atoms with Crippen LogP contribution in [0, 0.1) is 0 Å². The van der Waals surface area contributed by atoms with Gasteiger partial charge in [-0.2, -0.15) is 4.31 Å². The van der Waals surface area contributed by atoms with E-state index >= 15 is 0 Å². The zero-order valence-electron chi connectivity index (χ0n) is 12.1. The first-order valence-electron chi connectivity index (χ1n) is 6.73. The predicted molar refractivity (Wildman–Crippen MR) is 75.3 cm³/mol.